The molecule has 20 heavy (non-hydrogen) atoms. The van der Waals surface area contributed by atoms with Crippen molar-refractivity contribution in [2.24, 2.45) is 0 Å². The Labute approximate surface area is 120 Å². The second kappa shape index (κ2) is 4.33. The number of carbonyl (C=O) groups is 1. The summed E-state index contributed by atoms with van der Waals surface area (Å²) in [5.74, 6) is -0.00961. The molecule has 1 amide bonds. The first kappa shape index (κ1) is 13.6. The molecule has 4 nitrogen and oxygen atoms in total. The van der Waals surface area contributed by atoms with Crippen LogP contribution in [0.5, 0.6) is 0 Å². The SMILES string of the molecule is CC1(C)OB(c2ccc3c(c2)C(=O)NCC3)OC1(C)C. The highest BCUT2D eigenvalue weighted by Crippen LogP contribution is 2.36. The molecule has 1 N–H and O–H groups in total. The molecule has 1 fully saturated rings. The summed E-state index contributed by atoms with van der Waals surface area (Å²) < 4.78 is 12.0. The minimum absolute atomic E-state index is 0.00961. The zero-order chi connectivity index (χ0) is 14.5. The summed E-state index contributed by atoms with van der Waals surface area (Å²) in [5, 5.41) is 2.87. The van der Waals surface area contributed by atoms with Crippen LogP contribution in [0.4, 0.5) is 0 Å². The number of nitrogens with one attached hydrogen (secondary N) is 1. The van der Waals surface area contributed by atoms with Gasteiger partial charge in [0.15, 0.2) is 0 Å². The minimum atomic E-state index is -0.417. The van der Waals surface area contributed by atoms with Gasteiger partial charge in [0.1, 0.15) is 0 Å². The van der Waals surface area contributed by atoms with Crippen LogP contribution in [0.2, 0.25) is 0 Å². The zero-order valence-electron chi connectivity index (χ0n) is 12.4. The van der Waals surface area contributed by atoms with E-state index in [-0.39, 0.29) is 17.1 Å². The molecular formula is C15H20BNO3. The zero-order valence-corrected chi connectivity index (χ0v) is 12.4. The molecule has 0 atom stereocenters. The van der Waals surface area contributed by atoms with E-state index in [1.807, 2.05) is 45.9 Å². The highest BCUT2D eigenvalue weighted by molar-refractivity contribution is 6.62. The third-order valence-electron chi connectivity index (χ3n) is 4.58. The maximum atomic E-state index is 11.9. The third-order valence-corrected chi connectivity index (χ3v) is 4.58. The summed E-state index contributed by atoms with van der Waals surface area (Å²) >= 11 is 0. The average Bonchev–Trinajstić information content (AvgIpc) is 2.59. The number of fused-ring (bicyclic) bond motifs is 1. The van der Waals surface area contributed by atoms with E-state index in [0.29, 0.717) is 6.54 Å². The molecule has 0 bridgehead atoms. The lowest BCUT2D eigenvalue weighted by Gasteiger charge is -2.32. The van der Waals surface area contributed by atoms with E-state index in [1.54, 1.807) is 0 Å². The second-order valence-corrected chi connectivity index (χ2v) is 6.51. The molecule has 5 heteroatoms. The normalized spacial score (nSPS) is 23.4. The van der Waals surface area contributed by atoms with Gasteiger partial charge in [-0.3, -0.25) is 4.79 Å². The number of benzene rings is 1. The Hall–Kier alpha value is -1.33. The predicted molar refractivity (Wildman–Crippen MR) is 78.2 cm³/mol. The van der Waals surface area contributed by atoms with Crippen LogP contribution in [0, 0.1) is 0 Å². The largest absolute Gasteiger partial charge is 0.494 e. The highest BCUT2D eigenvalue weighted by atomic mass is 16.7. The van der Waals surface area contributed by atoms with Gasteiger partial charge in [-0.1, -0.05) is 12.1 Å². The monoisotopic (exact) mass is 273 g/mol. The van der Waals surface area contributed by atoms with Crippen molar-refractivity contribution in [3.05, 3.63) is 29.3 Å². The Morgan fingerprint density at radius 2 is 1.80 bits per heavy atom. The van der Waals surface area contributed by atoms with Crippen LogP contribution in [0.15, 0.2) is 18.2 Å². The van der Waals surface area contributed by atoms with Gasteiger partial charge in [0.05, 0.1) is 11.2 Å². The van der Waals surface area contributed by atoms with Crippen LogP contribution < -0.4 is 10.8 Å². The molecule has 1 aromatic carbocycles. The molecule has 2 aliphatic rings. The lowest BCUT2D eigenvalue weighted by atomic mass is 9.77. The first-order valence-electron chi connectivity index (χ1n) is 7.07. The summed E-state index contributed by atoms with van der Waals surface area (Å²) in [6.45, 7) is 8.81. The fourth-order valence-electron chi connectivity index (χ4n) is 2.56. The van der Waals surface area contributed by atoms with Gasteiger partial charge in [0.2, 0.25) is 0 Å². The van der Waals surface area contributed by atoms with Crippen molar-refractivity contribution in [1.82, 2.24) is 5.32 Å². The Balaban J connectivity index is 1.93. The van der Waals surface area contributed by atoms with Crippen LogP contribution >= 0.6 is 0 Å². The van der Waals surface area contributed by atoms with Crippen molar-refractivity contribution in [2.75, 3.05) is 6.54 Å². The van der Waals surface area contributed by atoms with Crippen molar-refractivity contribution in [3.63, 3.8) is 0 Å². The van der Waals surface area contributed by atoms with E-state index in [4.69, 9.17) is 9.31 Å². The Morgan fingerprint density at radius 1 is 1.15 bits per heavy atom. The number of hydrogen-bond acceptors (Lipinski definition) is 3. The molecular weight excluding hydrogens is 253 g/mol. The molecule has 3 rings (SSSR count). The van der Waals surface area contributed by atoms with Crippen molar-refractivity contribution < 1.29 is 14.1 Å². The smallest absolute Gasteiger partial charge is 0.399 e. The fourth-order valence-corrected chi connectivity index (χ4v) is 2.56. The lowest BCUT2D eigenvalue weighted by Crippen LogP contribution is -2.41. The van der Waals surface area contributed by atoms with Crippen molar-refractivity contribution in [2.45, 2.75) is 45.3 Å². The Bertz CT molecular complexity index is 552. The maximum absolute atomic E-state index is 11.9. The fraction of sp³-hybridized carbons (Fsp3) is 0.533. The number of carbonyl (C=O) groups excluding carboxylic acids is 1. The summed E-state index contributed by atoms with van der Waals surface area (Å²) in [6, 6.07) is 5.90. The molecule has 2 aliphatic heterocycles. The quantitative estimate of drug-likeness (QED) is 0.784. The molecule has 0 saturated carbocycles. The molecule has 0 aliphatic carbocycles. The van der Waals surface area contributed by atoms with E-state index in [0.717, 1.165) is 23.0 Å². The Kier molecular flexibility index (Phi) is 2.96. The van der Waals surface area contributed by atoms with Gasteiger partial charge in [-0.05, 0) is 51.2 Å². The van der Waals surface area contributed by atoms with E-state index in [2.05, 4.69) is 5.32 Å². The van der Waals surface area contributed by atoms with Crippen LogP contribution in [0.1, 0.15) is 43.6 Å². The molecule has 0 spiro atoms. The first-order valence-corrected chi connectivity index (χ1v) is 7.07. The van der Waals surface area contributed by atoms with Crippen molar-refractivity contribution >= 4 is 18.5 Å². The number of amides is 1. The predicted octanol–water partition coefficient (Wildman–Crippen LogP) is 1.27. The second-order valence-electron chi connectivity index (χ2n) is 6.51. The number of rotatable bonds is 1. The Morgan fingerprint density at radius 3 is 2.45 bits per heavy atom. The highest BCUT2D eigenvalue weighted by Gasteiger charge is 2.51. The van der Waals surface area contributed by atoms with Crippen LogP contribution in [-0.2, 0) is 15.7 Å². The van der Waals surface area contributed by atoms with Crippen LogP contribution in [0.25, 0.3) is 0 Å². The van der Waals surface area contributed by atoms with Crippen LogP contribution in [-0.4, -0.2) is 30.8 Å². The molecule has 0 aromatic heterocycles. The molecule has 2 heterocycles. The van der Waals surface area contributed by atoms with Crippen molar-refractivity contribution in [1.29, 1.82) is 0 Å². The molecule has 0 radical (unpaired) electrons. The third kappa shape index (κ3) is 2.05. The van der Waals surface area contributed by atoms with Crippen LogP contribution in [0.3, 0.4) is 0 Å². The van der Waals surface area contributed by atoms with Gasteiger partial charge in [-0.25, -0.2) is 0 Å². The summed E-state index contributed by atoms with van der Waals surface area (Å²) in [7, 11) is -0.417. The van der Waals surface area contributed by atoms with Crippen molar-refractivity contribution in [3.8, 4) is 0 Å². The molecule has 0 unspecified atom stereocenters. The number of hydrogen-bond donors (Lipinski definition) is 1. The van der Waals surface area contributed by atoms with Gasteiger partial charge in [-0.15, -0.1) is 0 Å². The summed E-state index contributed by atoms with van der Waals surface area (Å²) in [5.41, 5.74) is 2.00. The first-order chi connectivity index (χ1) is 9.30. The van der Waals surface area contributed by atoms with Gasteiger partial charge in [0, 0.05) is 12.1 Å². The van der Waals surface area contributed by atoms with E-state index >= 15 is 0 Å². The average molecular weight is 273 g/mol. The van der Waals surface area contributed by atoms with E-state index in [9.17, 15) is 4.79 Å². The van der Waals surface area contributed by atoms with Gasteiger partial charge in [0.25, 0.3) is 5.91 Å². The topological polar surface area (TPSA) is 47.6 Å². The van der Waals surface area contributed by atoms with Gasteiger partial charge < -0.3 is 14.6 Å². The van der Waals surface area contributed by atoms with Gasteiger partial charge >= 0.3 is 7.12 Å². The summed E-state index contributed by atoms with van der Waals surface area (Å²) in [6.07, 6.45) is 0.880. The molecule has 1 saturated heterocycles. The minimum Gasteiger partial charge on any atom is -0.399 e. The van der Waals surface area contributed by atoms with E-state index in [1.165, 1.54) is 0 Å². The maximum Gasteiger partial charge on any atom is 0.494 e. The standard InChI is InChI=1S/C15H20BNO3/c1-14(2)15(3,4)20-16(19-14)11-6-5-10-7-8-17-13(18)12(10)9-11/h5-6,9H,7-8H2,1-4H3,(H,17,18). The lowest BCUT2D eigenvalue weighted by molar-refractivity contribution is 0.00578. The summed E-state index contributed by atoms with van der Waals surface area (Å²) in [4.78, 5) is 11.9. The molecule has 106 valence electrons. The van der Waals surface area contributed by atoms with E-state index < -0.39 is 7.12 Å². The van der Waals surface area contributed by atoms with Gasteiger partial charge in [-0.2, -0.15) is 0 Å². The molecule has 1 aromatic rings.